The Bertz CT molecular complexity index is 449. The lowest BCUT2D eigenvalue weighted by molar-refractivity contribution is -0.149. The molecule has 0 atom stereocenters. The molecule has 1 aliphatic rings. The van der Waals surface area contributed by atoms with Crippen molar-refractivity contribution in [1.29, 1.82) is 0 Å². The summed E-state index contributed by atoms with van der Waals surface area (Å²) in [7, 11) is 1.83. The highest BCUT2D eigenvalue weighted by Crippen LogP contribution is 2.45. The Morgan fingerprint density at radius 1 is 1.59 bits per heavy atom. The van der Waals surface area contributed by atoms with E-state index < -0.39 is 11.4 Å². The van der Waals surface area contributed by atoms with Crippen molar-refractivity contribution in [2.24, 2.45) is 12.5 Å². The van der Waals surface area contributed by atoms with E-state index in [1.807, 2.05) is 13.2 Å². The predicted octanol–water partition coefficient (Wildman–Crippen LogP) is -0.0564. The molecule has 1 amide bonds. The van der Waals surface area contributed by atoms with Gasteiger partial charge in [0.15, 0.2) is 0 Å². The fourth-order valence-electron chi connectivity index (χ4n) is 1.75. The van der Waals surface area contributed by atoms with Crippen LogP contribution in [0.4, 0.5) is 0 Å². The second kappa shape index (κ2) is 4.20. The van der Waals surface area contributed by atoms with Crippen LogP contribution in [0, 0.1) is 5.41 Å². The van der Waals surface area contributed by atoms with Crippen molar-refractivity contribution in [3.05, 3.63) is 18.0 Å². The largest absolute Gasteiger partial charge is 0.480 e. The molecule has 1 heterocycles. The molecule has 1 saturated carbocycles. The maximum absolute atomic E-state index is 11.7. The van der Waals surface area contributed by atoms with Crippen molar-refractivity contribution in [2.75, 3.05) is 6.54 Å². The molecule has 0 aliphatic heterocycles. The van der Waals surface area contributed by atoms with Crippen molar-refractivity contribution in [1.82, 2.24) is 15.1 Å². The van der Waals surface area contributed by atoms with Gasteiger partial charge in [0, 0.05) is 19.8 Å². The molecule has 0 spiro atoms. The smallest absolute Gasteiger partial charge is 0.319 e. The van der Waals surface area contributed by atoms with E-state index in [-0.39, 0.29) is 5.91 Å². The molecule has 0 bridgehead atoms. The molecule has 92 valence electrons. The molecule has 2 N–H and O–H groups in total. The average molecular weight is 237 g/mol. The molecular weight excluding hydrogens is 222 g/mol. The lowest BCUT2D eigenvalue weighted by Gasteiger charge is -2.09. The number of nitrogens with zero attached hydrogens (tertiary/aromatic N) is 2. The molecule has 0 aromatic carbocycles. The number of hydrogen-bond donors (Lipinski definition) is 2. The number of aromatic nitrogens is 2. The summed E-state index contributed by atoms with van der Waals surface area (Å²) in [6, 6.07) is 0. The van der Waals surface area contributed by atoms with Crippen LogP contribution in [0.5, 0.6) is 0 Å². The molecule has 0 saturated heterocycles. The minimum atomic E-state index is -1.14. The summed E-state index contributed by atoms with van der Waals surface area (Å²) in [5, 5.41) is 15.6. The molecule has 0 radical (unpaired) electrons. The Labute approximate surface area is 98.6 Å². The van der Waals surface area contributed by atoms with Crippen LogP contribution in [0.2, 0.25) is 0 Å². The molecule has 0 unspecified atom stereocenters. The molecule has 1 fully saturated rings. The van der Waals surface area contributed by atoms with Crippen LogP contribution in [0.15, 0.2) is 12.4 Å². The summed E-state index contributed by atoms with van der Waals surface area (Å²) < 4.78 is 1.69. The summed E-state index contributed by atoms with van der Waals surface area (Å²) in [5.74, 6) is -1.38. The van der Waals surface area contributed by atoms with Crippen LogP contribution < -0.4 is 5.32 Å². The normalized spacial score (nSPS) is 16.5. The fraction of sp³-hybridized carbons (Fsp3) is 0.545. The Kier molecular flexibility index (Phi) is 2.87. The summed E-state index contributed by atoms with van der Waals surface area (Å²) in [6.07, 6.45) is 5.16. The number of hydrogen-bond acceptors (Lipinski definition) is 3. The van der Waals surface area contributed by atoms with Gasteiger partial charge in [-0.15, -0.1) is 0 Å². The van der Waals surface area contributed by atoms with E-state index in [0.29, 0.717) is 25.8 Å². The van der Waals surface area contributed by atoms with Crippen LogP contribution in [0.1, 0.15) is 18.4 Å². The standard InChI is InChI=1S/C11H15N3O3/c1-14-7-8(6-13-14)2-5-12-9(15)11(3-4-11)10(16)17/h6-7H,2-5H2,1H3,(H,12,15)(H,16,17). The number of aryl methyl sites for hydroxylation is 1. The van der Waals surface area contributed by atoms with Crippen molar-refractivity contribution in [2.45, 2.75) is 19.3 Å². The maximum atomic E-state index is 11.7. The molecule has 1 aliphatic carbocycles. The second-order valence-corrected chi connectivity index (χ2v) is 4.42. The van der Waals surface area contributed by atoms with Gasteiger partial charge in [0.05, 0.1) is 6.20 Å². The van der Waals surface area contributed by atoms with E-state index in [1.54, 1.807) is 10.9 Å². The van der Waals surface area contributed by atoms with Gasteiger partial charge in [0.25, 0.3) is 0 Å². The van der Waals surface area contributed by atoms with Gasteiger partial charge in [-0.3, -0.25) is 14.3 Å². The number of carboxylic acids is 1. The van der Waals surface area contributed by atoms with E-state index in [9.17, 15) is 9.59 Å². The summed E-state index contributed by atoms with van der Waals surface area (Å²) in [4.78, 5) is 22.5. The highest BCUT2D eigenvalue weighted by atomic mass is 16.4. The topological polar surface area (TPSA) is 84.2 Å². The number of carboxylic acid groups (broad SMARTS) is 1. The number of nitrogens with one attached hydrogen (secondary N) is 1. The van der Waals surface area contributed by atoms with E-state index in [1.165, 1.54) is 0 Å². The van der Waals surface area contributed by atoms with E-state index in [4.69, 9.17) is 5.11 Å². The highest BCUT2D eigenvalue weighted by molar-refractivity contribution is 6.04. The van der Waals surface area contributed by atoms with Crippen LogP contribution in [-0.4, -0.2) is 33.3 Å². The van der Waals surface area contributed by atoms with Gasteiger partial charge in [0.1, 0.15) is 5.41 Å². The van der Waals surface area contributed by atoms with Gasteiger partial charge in [-0.2, -0.15) is 5.10 Å². The van der Waals surface area contributed by atoms with Gasteiger partial charge < -0.3 is 10.4 Å². The summed E-state index contributed by atoms with van der Waals surface area (Å²) >= 11 is 0. The van der Waals surface area contributed by atoms with E-state index >= 15 is 0 Å². The third kappa shape index (κ3) is 2.30. The van der Waals surface area contributed by atoms with Crippen LogP contribution in [0.25, 0.3) is 0 Å². The number of carbonyl (C=O) groups excluding carboxylic acids is 1. The Morgan fingerprint density at radius 3 is 2.76 bits per heavy atom. The number of aliphatic carboxylic acids is 1. The minimum Gasteiger partial charge on any atom is -0.480 e. The molecule has 1 aromatic heterocycles. The third-order valence-corrected chi connectivity index (χ3v) is 3.05. The van der Waals surface area contributed by atoms with Gasteiger partial charge in [-0.25, -0.2) is 0 Å². The first kappa shape index (κ1) is 11.6. The Balaban J connectivity index is 1.79. The van der Waals surface area contributed by atoms with E-state index in [0.717, 1.165) is 5.56 Å². The van der Waals surface area contributed by atoms with Gasteiger partial charge >= 0.3 is 5.97 Å². The number of rotatable bonds is 5. The highest BCUT2D eigenvalue weighted by Gasteiger charge is 2.56. The zero-order valence-corrected chi connectivity index (χ0v) is 9.64. The van der Waals surface area contributed by atoms with Gasteiger partial charge in [0.2, 0.25) is 5.91 Å². The zero-order chi connectivity index (χ0) is 12.5. The quantitative estimate of drug-likeness (QED) is 0.703. The minimum absolute atomic E-state index is 0.367. The molecule has 17 heavy (non-hydrogen) atoms. The molecular formula is C11H15N3O3. The van der Waals surface area contributed by atoms with Gasteiger partial charge in [-0.1, -0.05) is 0 Å². The summed E-state index contributed by atoms with van der Waals surface area (Å²) in [5.41, 5.74) is -0.123. The first-order chi connectivity index (χ1) is 8.04. The molecule has 2 rings (SSSR count). The van der Waals surface area contributed by atoms with Crippen molar-refractivity contribution < 1.29 is 14.7 Å². The Hall–Kier alpha value is -1.85. The van der Waals surface area contributed by atoms with Gasteiger partial charge in [-0.05, 0) is 24.8 Å². The fourth-order valence-corrected chi connectivity index (χ4v) is 1.75. The van der Waals surface area contributed by atoms with Crippen LogP contribution in [0.3, 0.4) is 0 Å². The lowest BCUT2D eigenvalue weighted by atomic mass is 10.1. The summed E-state index contributed by atoms with van der Waals surface area (Å²) in [6.45, 7) is 0.444. The number of amides is 1. The maximum Gasteiger partial charge on any atom is 0.319 e. The van der Waals surface area contributed by atoms with Crippen molar-refractivity contribution >= 4 is 11.9 Å². The molecule has 1 aromatic rings. The number of carbonyl (C=O) groups is 2. The first-order valence-electron chi connectivity index (χ1n) is 5.54. The SMILES string of the molecule is Cn1cc(CCNC(=O)C2(C(=O)O)CC2)cn1. The average Bonchev–Trinajstić information content (AvgIpc) is 2.99. The van der Waals surface area contributed by atoms with Crippen molar-refractivity contribution in [3.8, 4) is 0 Å². The first-order valence-corrected chi connectivity index (χ1v) is 5.54. The monoisotopic (exact) mass is 237 g/mol. The Morgan fingerprint density at radius 2 is 2.29 bits per heavy atom. The molecule has 6 nitrogen and oxygen atoms in total. The van der Waals surface area contributed by atoms with Crippen LogP contribution >= 0.6 is 0 Å². The zero-order valence-electron chi connectivity index (χ0n) is 9.64. The lowest BCUT2D eigenvalue weighted by Crippen LogP contribution is -2.37. The second-order valence-electron chi connectivity index (χ2n) is 4.42. The van der Waals surface area contributed by atoms with Crippen molar-refractivity contribution in [3.63, 3.8) is 0 Å². The predicted molar refractivity (Wildman–Crippen MR) is 59.2 cm³/mol. The van der Waals surface area contributed by atoms with Crippen LogP contribution in [-0.2, 0) is 23.1 Å². The molecule has 6 heteroatoms. The van der Waals surface area contributed by atoms with E-state index in [2.05, 4.69) is 10.4 Å². The third-order valence-electron chi connectivity index (χ3n) is 3.05.